The molecule has 1 spiro atoms. The van der Waals surface area contributed by atoms with E-state index < -0.39 is 17.7 Å². The van der Waals surface area contributed by atoms with Gasteiger partial charge in [0, 0.05) is 32.0 Å². The molecule has 9 nitrogen and oxygen atoms in total. The smallest absolute Gasteiger partial charge is 0.323 e. The summed E-state index contributed by atoms with van der Waals surface area (Å²) in [5.41, 5.74) is 0.233. The first kappa shape index (κ1) is 19.1. The topological polar surface area (TPSA) is 116 Å². The van der Waals surface area contributed by atoms with Crippen molar-refractivity contribution in [3.63, 3.8) is 0 Å². The molecule has 9 heteroatoms. The number of piperidine rings is 1. The average molecular weight is 398 g/mol. The van der Waals surface area contributed by atoms with Crippen molar-refractivity contribution in [3.8, 4) is 0 Å². The number of carboxylic acids is 1. The monoisotopic (exact) mass is 398 g/mol. The van der Waals surface area contributed by atoms with Crippen LogP contribution in [0.3, 0.4) is 0 Å². The number of likely N-dealkylation sites (tertiary alicyclic amines) is 1. The van der Waals surface area contributed by atoms with E-state index in [9.17, 15) is 19.5 Å². The number of aromatic nitrogens is 1. The third kappa shape index (κ3) is 3.73. The zero-order chi connectivity index (χ0) is 20.4. The third-order valence-electron chi connectivity index (χ3n) is 5.63. The van der Waals surface area contributed by atoms with Gasteiger partial charge in [0.2, 0.25) is 11.7 Å². The van der Waals surface area contributed by atoms with Crippen molar-refractivity contribution in [3.05, 3.63) is 53.9 Å². The first-order valence-corrected chi connectivity index (χ1v) is 9.53. The van der Waals surface area contributed by atoms with Crippen LogP contribution in [0.25, 0.3) is 0 Å². The number of amides is 2. The number of nitrogens with one attached hydrogen (secondary N) is 1. The van der Waals surface area contributed by atoms with Crippen LogP contribution in [0.2, 0.25) is 0 Å². The summed E-state index contributed by atoms with van der Waals surface area (Å²) in [6.07, 6.45) is 2.78. The van der Waals surface area contributed by atoms with Gasteiger partial charge in [0.1, 0.15) is 6.54 Å². The Morgan fingerprint density at radius 1 is 1.21 bits per heavy atom. The lowest BCUT2D eigenvalue weighted by molar-refractivity contribution is -0.147. The minimum atomic E-state index is -1.06. The molecular weight excluding hydrogens is 376 g/mol. The first-order valence-electron chi connectivity index (χ1n) is 9.53. The van der Waals surface area contributed by atoms with E-state index >= 15 is 0 Å². The van der Waals surface area contributed by atoms with Crippen LogP contribution < -0.4 is 5.32 Å². The summed E-state index contributed by atoms with van der Waals surface area (Å²) in [6, 6.07) is 10.6. The van der Waals surface area contributed by atoms with Gasteiger partial charge in [-0.3, -0.25) is 19.7 Å². The standard InChI is InChI=1S/C20H22N4O5/c25-17(26)13-24-18(27)15(12-14-4-2-1-3-5-14)22-20(24)7-10-23(11-8-20)19(28)16-6-9-21-29-16/h1-6,9,15,22H,7-8,10-13H2,(H,25,26). The maximum atomic E-state index is 13.0. The summed E-state index contributed by atoms with van der Waals surface area (Å²) in [7, 11) is 0. The van der Waals surface area contributed by atoms with Gasteiger partial charge < -0.3 is 19.4 Å². The Balaban J connectivity index is 1.50. The Kier molecular flexibility index (Phi) is 5.06. The largest absolute Gasteiger partial charge is 0.480 e. The number of carbonyl (C=O) groups excluding carboxylic acids is 2. The van der Waals surface area contributed by atoms with Gasteiger partial charge in [-0.05, 0) is 12.0 Å². The Morgan fingerprint density at radius 2 is 1.93 bits per heavy atom. The number of hydrogen-bond donors (Lipinski definition) is 2. The van der Waals surface area contributed by atoms with Gasteiger partial charge >= 0.3 is 5.97 Å². The maximum absolute atomic E-state index is 13.0. The molecule has 2 aliphatic rings. The third-order valence-corrected chi connectivity index (χ3v) is 5.63. The summed E-state index contributed by atoms with van der Waals surface area (Å²) in [4.78, 5) is 40.0. The molecule has 0 saturated carbocycles. The SMILES string of the molecule is O=C(O)CN1C(=O)C(Cc2ccccc2)NC12CCN(C(=O)c1ccno1)CC2. The lowest BCUT2D eigenvalue weighted by Gasteiger charge is -2.44. The lowest BCUT2D eigenvalue weighted by atomic mass is 9.95. The van der Waals surface area contributed by atoms with Crippen molar-refractivity contribution >= 4 is 17.8 Å². The molecule has 0 aliphatic carbocycles. The predicted molar refractivity (Wildman–Crippen MR) is 101 cm³/mol. The van der Waals surface area contributed by atoms with Crippen molar-refractivity contribution in [2.75, 3.05) is 19.6 Å². The first-order chi connectivity index (χ1) is 14.0. The molecule has 1 unspecified atom stereocenters. The second-order valence-corrected chi connectivity index (χ2v) is 7.41. The molecule has 0 bridgehead atoms. The number of aliphatic carboxylic acids is 1. The zero-order valence-electron chi connectivity index (χ0n) is 15.8. The van der Waals surface area contributed by atoms with Gasteiger partial charge in [-0.25, -0.2) is 0 Å². The minimum Gasteiger partial charge on any atom is -0.480 e. The van der Waals surface area contributed by atoms with Gasteiger partial charge in [0.25, 0.3) is 5.91 Å². The molecule has 29 heavy (non-hydrogen) atoms. The van der Waals surface area contributed by atoms with Crippen LogP contribution in [-0.2, 0) is 16.0 Å². The van der Waals surface area contributed by atoms with E-state index in [2.05, 4.69) is 10.5 Å². The summed E-state index contributed by atoms with van der Waals surface area (Å²) in [5.74, 6) is -1.36. The van der Waals surface area contributed by atoms with Crippen molar-refractivity contribution < 1.29 is 24.0 Å². The highest BCUT2D eigenvalue weighted by atomic mass is 16.5. The fourth-order valence-corrected chi connectivity index (χ4v) is 4.19. The van der Waals surface area contributed by atoms with E-state index in [-0.39, 0.29) is 24.1 Å². The molecule has 2 saturated heterocycles. The van der Waals surface area contributed by atoms with Crippen LogP contribution >= 0.6 is 0 Å². The molecule has 4 rings (SSSR count). The number of carbonyl (C=O) groups is 3. The van der Waals surface area contributed by atoms with Gasteiger partial charge in [0.05, 0.1) is 17.9 Å². The molecule has 2 aromatic rings. The predicted octanol–water partition coefficient (Wildman–Crippen LogP) is 0.735. The highest BCUT2D eigenvalue weighted by molar-refractivity contribution is 5.91. The molecule has 1 aromatic carbocycles. The molecule has 152 valence electrons. The van der Waals surface area contributed by atoms with Crippen LogP contribution in [0.15, 0.2) is 47.1 Å². The van der Waals surface area contributed by atoms with E-state index in [1.165, 1.54) is 17.2 Å². The summed E-state index contributed by atoms with van der Waals surface area (Å²) >= 11 is 0. The molecular formula is C20H22N4O5. The minimum absolute atomic E-state index is 0.167. The van der Waals surface area contributed by atoms with Crippen molar-refractivity contribution in [2.45, 2.75) is 31.0 Å². The molecule has 2 aliphatic heterocycles. The quantitative estimate of drug-likeness (QED) is 0.763. The summed E-state index contributed by atoms with van der Waals surface area (Å²) in [5, 5.41) is 16.3. The van der Waals surface area contributed by atoms with Gasteiger partial charge in [-0.1, -0.05) is 35.5 Å². The van der Waals surface area contributed by atoms with Crippen LogP contribution in [-0.4, -0.2) is 69.2 Å². The van der Waals surface area contributed by atoms with Crippen molar-refractivity contribution in [1.29, 1.82) is 0 Å². The number of carboxylic acid groups (broad SMARTS) is 1. The number of benzene rings is 1. The van der Waals surface area contributed by atoms with Gasteiger partial charge in [-0.2, -0.15) is 0 Å². The maximum Gasteiger partial charge on any atom is 0.323 e. The van der Waals surface area contributed by atoms with E-state index in [1.54, 1.807) is 4.90 Å². The Bertz CT molecular complexity index is 891. The lowest BCUT2D eigenvalue weighted by Crippen LogP contribution is -2.60. The Morgan fingerprint density at radius 3 is 2.55 bits per heavy atom. The summed E-state index contributed by atoms with van der Waals surface area (Å²) in [6.45, 7) is 0.398. The second kappa shape index (κ2) is 7.67. The Labute approximate surface area is 167 Å². The van der Waals surface area contributed by atoms with Crippen LogP contribution in [0.5, 0.6) is 0 Å². The van der Waals surface area contributed by atoms with Crippen LogP contribution in [0, 0.1) is 0 Å². The zero-order valence-corrected chi connectivity index (χ0v) is 15.8. The fraction of sp³-hybridized carbons (Fsp3) is 0.400. The van der Waals surface area contributed by atoms with E-state index in [0.29, 0.717) is 32.4 Å². The second-order valence-electron chi connectivity index (χ2n) is 7.41. The molecule has 2 amide bonds. The van der Waals surface area contributed by atoms with Gasteiger partial charge in [0.15, 0.2) is 0 Å². The number of nitrogens with zero attached hydrogens (tertiary/aromatic N) is 3. The number of rotatable bonds is 5. The van der Waals surface area contributed by atoms with Crippen molar-refractivity contribution in [2.24, 2.45) is 0 Å². The fourth-order valence-electron chi connectivity index (χ4n) is 4.19. The molecule has 2 N–H and O–H groups in total. The van der Waals surface area contributed by atoms with Gasteiger partial charge in [-0.15, -0.1) is 0 Å². The number of hydrogen-bond acceptors (Lipinski definition) is 6. The molecule has 1 atom stereocenters. The van der Waals surface area contributed by atoms with E-state index in [0.717, 1.165) is 5.56 Å². The average Bonchev–Trinajstić information content (AvgIpc) is 3.33. The molecule has 3 heterocycles. The highest BCUT2D eigenvalue weighted by Crippen LogP contribution is 2.33. The molecule has 1 aromatic heterocycles. The molecule has 2 fully saturated rings. The summed E-state index contributed by atoms with van der Waals surface area (Å²) < 4.78 is 4.94. The van der Waals surface area contributed by atoms with Crippen LogP contribution in [0.4, 0.5) is 0 Å². The van der Waals surface area contributed by atoms with E-state index in [4.69, 9.17) is 4.52 Å². The normalized spacial score (nSPS) is 21.0. The van der Waals surface area contributed by atoms with E-state index in [1.807, 2.05) is 30.3 Å². The van der Waals surface area contributed by atoms with Crippen molar-refractivity contribution in [1.82, 2.24) is 20.3 Å². The Hall–Kier alpha value is -3.20. The molecule has 0 radical (unpaired) electrons. The van der Waals surface area contributed by atoms with Crippen LogP contribution in [0.1, 0.15) is 29.0 Å². The highest BCUT2D eigenvalue weighted by Gasteiger charge is 2.52.